The van der Waals surface area contributed by atoms with E-state index in [4.69, 9.17) is 18.9 Å². The van der Waals surface area contributed by atoms with E-state index in [1.807, 2.05) is 13.8 Å². The number of carbonyl (C=O) groups excluding carboxylic acids is 2. The Balaban J connectivity index is 2.14. The number of benzene rings is 2. The van der Waals surface area contributed by atoms with E-state index in [0.717, 1.165) is 0 Å². The molecule has 0 unspecified atom stereocenters. The monoisotopic (exact) mass is 402 g/mol. The third kappa shape index (κ3) is 6.03. The Kier molecular flexibility index (Phi) is 7.70. The molecule has 0 aromatic heterocycles. The number of ether oxygens (including phenoxy) is 4. The maximum atomic E-state index is 12.7. The maximum absolute atomic E-state index is 12.7. The summed E-state index contributed by atoms with van der Waals surface area (Å²) in [7, 11) is 4.45. The van der Waals surface area contributed by atoms with E-state index in [0.29, 0.717) is 40.8 Å². The maximum Gasteiger partial charge on any atom is 0.411 e. The average Bonchev–Trinajstić information content (AvgIpc) is 2.71. The molecule has 0 saturated heterocycles. The third-order valence-electron chi connectivity index (χ3n) is 3.84. The van der Waals surface area contributed by atoms with Gasteiger partial charge in [-0.05, 0) is 36.2 Å². The molecule has 0 bridgehead atoms. The van der Waals surface area contributed by atoms with E-state index in [9.17, 15) is 9.59 Å². The van der Waals surface area contributed by atoms with Crippen molar-refractivity contribution in [2.75, 3.05) is 38.6 Å². The normalized spacial score (nSPS) is 10.3. The molecule has 0 radical (unpaired) electrons. The van der Waals surface area contributed by atoms with Gasteiger partial charge in [-0.1, -0.05) is 19.9 Å². The number of carbonyl (C=O) groups is 2. The minimum Gasteiger partial charge on any atom is -0.493 e. The van der Waals surface area contributed by atoms with Gasteiger partial charge in [-0.15, -0.1) is 0 Å². The fraction of sp³-hybridized carbons (Fsp3) is 0.333. The van der Waals surface area contributed by atoms with Gasteiger partial charge in [-0.3, -0.25) is 10.1 Å². The second kappa shape index (κ2) is 10.2. The molecule has 0 aliphatic carbocycles. The standard InChI is InChI=1S/C21H26N2O6/c1-13(2)12-29-21(25)23-16-8-6-7-15(11-16)22-20(24)14-9-17(26-3)19(28-5)18(10-14)27-4/h6-11,13H,12H2,1-5H3,(H,22,24)(H,23,25). The highest BCUT2D eigenvalue weighted by molar-refractivity contribution is 6.05. The molecule has 8 nitrogen and oxygen atoms in total. The lowest BCUT2D eigenvalue weighted by Gasteiger charge is -2.14. The molecule has 0 spiro atoms. The molecule has 156 valence electrons. The number of hydrogen-bond donors (Lipinski definition) is 2. The van der Waals surface area contributed by atoms with Crippen LogP contribution in [0.5, 0.6) is 17.2 Å². The molecule has 0 fully saturated rings. The van der Waals surface area contributed by atoms with E-state index in [1.165, 1.54) is 21.3 Å². The van der Waals surface area contributed by atoms with Crippen molar-refractivity contribution in [2.24, 2.45) is 5.92 Å². The summed E-state index contributed by atoms with van der Waals surface area (Å²) in [5, 5.41) is 5.41. The molecule has 0 atom stereocenters. The quantitative estimate of drug-likeness (QED) is 0.688. The predicted octanol–water partition coefficient (Wildman–Crippen LogP) is 4.17. The molecule has 0 aliphatic rings. The van der Waals surface area contributed by atoms with E-state index in [-0.39, 0.29) is 11.8 Å². The van der Waals surface area contributed by atoms with E-state index in [2.05, 4.69) is 10.6 Å². The van der Waals surface area contributed by atoms with Crippen LogP contribution in [-0.2, 0) is 4.74 Å². The number of amides is 2. The third-order valence-corrected chi connectivity index (χ3v) is 3.84. The van der Waals surface area contributed by atoms with Crippen LogP contribution in [0.4, 0.5) is 16.2 Å². The van der Waals surface area contributed by atoms with Crippen molar-refractivity contribution >= 4 is 23.4 Å². The highest BCUT2D eigenvalue weighted by atomic mass is 16.5. The second-order valence-corrected chi connectivity index (χ2v) is 6.57. The summed E-state index contributed by atoms with van der Waals surface area (Å²) in [5.74, 6) is 1.02. The minimum atomic E-state index is -0.549. The summed E-state index contributed by atoms with van der Waals surface area (Å²) in [4.78, 5) is 24.5. The first-order valence-electron chi connectivity index (χ1n) is 9.03. The fourth-order valence-electron chi connectivity index (χ4n) is 2.49. The number of methoxy groups -OCH3 is 3. The lowest BCUT2D eigenvalue weighted by molar-refractivity contribution is 0.102. The molecule has 2 aromatic carbocycles. The molecule has 0 heterocycles. The zero-order chi connectivity index (χ0) is 21.4. The number of nitrogens with one attached hydrogen (secondary N) is 2. The molecule has 2 aromatic rings. The van der Waals surface area contributed by atoms with Crippen molar-refractivity contribution in [3.63, 3.8) is 0 Å². The highest BCUT2D eigenvalue weighted by Crippen LogP contribution is 2.38. The SMILES string of the molecule is COc1cc(C(=O)Nc2cccc(NC(=O)OCC(C)C)c2)cc(OC)c1OC. The molecule has 2 N–H and O–H groups in total. The van der Waals surface area contributed by atoms with E-state index < -0.39 is 6.09 Å². The Labute approximate surface area is 170 Å². The molecule has 0 aliphatic heterocycles. The zero-order valence-electron chi connectivity index (χ0n) is 17.2. The predicted molar refractivity (Wildman–Crippen MR) is 110 cm³/mol. The van der Waals surface area contributed by atoms with Gasteiger partial charge >= 0.3 is 6.09 Å². The van der Waals surface area contributed by atoms with Crippen molar-refractivity contribution in [2.45, 2.75) is 13.8 Å². The summed E-state index contributed by atoms with van der Waals surface area (Å²) >= 11 is 0. The van der Waals surface area contributed by atoms with Gasteiger partial charge in [-0.2, -0.15) is 0 Å². The largest absolute Gasteiger partial charge is 0.493 e. The van der Waals surface area contributed by atoms with Crippen LogP contribution in [0.1, 0.15) is 24.2 Å². The first-order valence-corrected chi connectivity index (χ1v) is 9.03. The van der Waals surface area contributed by atoms with E-state index in [1.54, 1.807) is 36.4 Å². The lowest BCUT2D eigenvalue weighted by Crippen LogP contribution is -2.17. The van der Waals surface area contributed by atoms with Crippen LogP contribution in [0.25, 0.3) is 0 Å². The molecule has 0 saturated carbocycles. The van der Waals surface area contributed by atoms with Crippen molar-refractivity contribution in [3.05, 3.63) is 42.0 Å². The smallest absolute Gasteiger partial charge is 0.411 e. The van der Waals surface area contributed by atoms with Gasteiger partial charge in [0.2, 0.25) is 5.75 Å². The van der Waals surface area contributed by atoms with E-state index >= 15 is 0 Å². The van der Waals surface area contributed by atoms with Crippen molar-refractivity contribution in [1.82, 2.24) is 0 Å². The first kappa shape index (κ1) is 21.9. The lowest BCUT2D eigenvalue weighted by atomic mass is 10.1. The van der Waals surface area contributed by atoms with Gasteiger partial charge in [0.05, 0.1) is 27.9 Å². The summed E-state index contributed by atoms with van der Waals surface area (Å²) in [6.45, 7) is 4.22. The molecule has 29 heavy (non-hydrogen) atoms. The van der Waals surface area contributed by atoms with Gasteiger partial charge in [0, 0.05) is 16.9 Å². The van der Waals surface area contributed by atoms with Crippen LogP contribution in [-0.4, -0.2) is 39.9 Å². The topological polar surface area (TPSA) is 95.1 Å². The van der Waals surface area contributed by atoms with Crippen molar-refractivity contribution in [1.29, 1.82) is 0 Å². The summed E-state index contributed by atoms with van der Waals surface area (Å²) in [5.41, 5.74) is 1.33. The Hall–Kier alpha value is -3.42. The molecular formula is C21H26N2O6. The van der Waals surface area contributed by atoms with Crippen LogP contribution >= 0.6 is 0 Å². The second-order valence-electron chi connectivity index (χ2n) is 6.57. The van der Waals surface area contributed by atoms with Gasteiger partial charge in [0.25, 0.3) is 5.91 Å². The summed E-state index contributed by atoms with van der Waals surface area (Å²) < 4.78 is 20.9. The van der Waals surface area contributed by atoms with Crippen molar-refractivity contribution in [3.8, 4) is 17.2 Å². The minimum absolute atomic E-state index is 0.241. The van der Waals surface area contributed by atoms with Crippen LogP contribution in [0.2, 0.25) is 0 Å². The first-order chi connectivity index (χ1) is 13.9. The van der Waals surface area contributed by atoms with Crippen LogP contribution in [0.3, 0.4) is 0 Å². The summed E-state index contributed by atoms with van der Waals surface area (Å²) in [6, 6.07) is 9.87. The van der Waals surface area contributed by atoms with Crippen LogP contribution in [0.15, 0.2) is 36.4 Å². The molecular weight excluding hydrogens is 376 g/mol. The highest BCUT2D eigenvalue weighted by Gasteiger charge is 2.17. The summed E-state index contributed by atoms with van der Waals surface area (Å²) in [6.07, 6.45) is -0.549. The fourth-order valence-corrected chi connectivity index (χ4v) is 2.49. The zero-order valence-corrected chi connectivity index (χ0v) is 17.2. The molecule has 2 rings (SSSR count). The Morgan fingerprint density at radius 3 is 2.00 bits per heavy atom. The Morgan fingerprint density at radius 1 is 0.897 bits per heavy atom. The van der Waals surface area contributed by atoms with Gasteiger partial charge in [0.1, 0.15) is 0 Å². The number of anilines is 2. The average molecular weight is 402 g/mol. The number of rotatable bonds is 8. The molecule has 8 heteroatoms. The Morgan fingerprint density at radius 2 is 1.48 bits per heavy atom. The Bertz CT molecular complexity index is 841. The van der Waals surface area contributed by atoms with Crippen LogP contribution in [0, 0.1) is 5.92 Å². The van der Waals surface area contributed by atoms with Crippen molar-refractivity contribution < 1.29 is 28.5 Å². The van der Waals surface area contributed by atoms with Gasteiger partial charge in [-0.25, -0.2) is 4.79 Å². The molecule has 2 amide bonds. The van der Waals surface area contributed by atoms with Gasteiger partial charge < -0.3 is 24.3 Å². The van der Waals surface area contributed by atoms with Crippen LogP contribution < -0.4 is 24.8 Å². The van der Waals surface area contributed by atoms with Gasteiger partial charge in [0.15, 0.2) is 11.5 Å². The number of hydrogen-bond acceptors (Lipinski definition) is 6.